The lowest BCUT2D eigenvalue weighted by Crippen LogP contribution is -2.32. The Balaban J connectivity index is 1.81. The summed E-state index contributed by atoms with van der Waals surface area (Å²) < 4.78 is 20.7. The summed E-state index contributed by atoms with van der Waals surface area (Å²) in [5.74, 6) is -0.227. The van der Waals surface area contributed by atoms with Crippen LogP contribution >= 0.6 is 0 Å². The first-order chi connectivity index (χ1) is 10.3. The predicted molar refractivity (Wildman–Crippen MR) is 74.6 cm³/mol. The van der Waals surface area contributed by atoms with Crippen LogP contribution in [0.5, 0.6) is 0 Å². The molecule has 0 unspecified atom stereocenters. The molecule has 7 nitrogen and oxygen atoms in total. The second-order valence-electron chi connectivity index (χ2n) is 4.31. The summed E-state index contributed by atoms with van der Waals surface area (Å²) in [5.41, 5.74) is 0. The van der Waals surface area contributed by atoms with Gasteiger partial charge in [-0.25, -0.2) is 0 Å². The minimum Gasteiger partial charge on any atom is -0.499 e. The van der Waals surface area contributed by atoms with Gasteiger partial charge in [-0.05, 0) is 0 Å². The molecule has 1 aliphatic heterocycles. The zero-order chi connectivity index (χ0) is 15.3. The Labute approximate surface area is 124 Å². The highest BCUT2D eigenvalue weighted by molar-refractivity contribution is 6.01. The van der Waals surface area contributed by atoms with Gasteiger partial charge in [-0.1, -0.05) is 6.58 Å². The van der Waals surface area contributed by atoms with E-state index in [4.69, 9.17) is 18.9 Å². The summed E-state index contributed by atoms with van der Waals surface area (Å²) in [6, 6.07) is 0. The number of nitrogens with zero attached hydrogens (tertiary/aromatic N) is 1. The third kappa shape index (κ3) is 7.79. The summed E-state index contributed by atoms with van der Waals surface area (Å²) in [6.45, 7) is 6.94. The number of carbonyl (C=O) groups excluding carboxylic acids is 2. The molecule has 0 spiro atoms. The van der Waals surface area contributed by atoms with E-state index in [0.29, 0.717) is 65.6 Å². The lowest BCUT2D eigenvalue weighted by molar-refractivity contribution is -0.139. The van der Waals surface area contributed by atoms with Gasteiger partial charge in [0.25, 0.3) is 0 Å². The third-order valence-corrected chi connectivity index (χ3v) is 2.82. The second-order valence-corrected chi connectivity index (χ2v) is 4.31. The van der Waals surface area contributed by atoms with E-state index >= 15 is 0 Å². The molecule has 0 atom stereocenters. The zero-order valence-electron chi connectivity index (χ0n) is 12.3. The molecule has 0 aromatic heterocycles. The number of ether oxygens (including phenoxy) is 4. The summed E-state index contributed by atoms with van der Waals surface area (Å²) in [6.07, 6.45) is 2.01. The maximum atomic E-state index is 11.3. The van der Waals surface area contributed by atoms with Gasteiger partial charge in [0.05, 0.1) is 52.4 Å². The lowest BCUT2D eigenvalue weighted by Gasteiger charge is -2.13. The van der Waals surface area contributed by atoms with Crippen molar-refractivity contribution in [3.05, 3.63) is 12.8 Å². The van der Waals surface area contributed by atoms with Gasteiger partial charge in [0.15, 0.2) is 0 Å². The molecule has 0 N–H and O–H groups in total. The van der Waals surface area contributed by atoms with Crippen molar-refractivity contribution in [3.8, 4) is 0 Å². The van der Waals surface area contributed by atoms with Gasteiger partial charge >= 0.3 is 0 Å². The monoisotopic (exact) mass is 301 g/mol. The normalized spacial score (nSPS) is 14.8. The van der Waals surface area contributed by atoms with E-state index in [1.54, 1.807) is 0 Å². The SMILES string of the molecule is C=COCCOCCOCCOCCN1C(=O)CCC1=O. The van der Waals surface area contributed by atoms with Gasteiger partial charge in [-0.15, -0.1) is 0 Å². The largest absolute Gasteiger partial charge is 0.499 e. The van der Waals surface area contributed by atoms with Crippen molar-refractivity contribution in [3.63, 3.8) is 0 Å². The molecule has 1 fully saturated rings. The fraction of sp³-hybridized carbons (Fsp3) is 0.714. The number of rotatable bonds is 13. The number of hydrogen-bond donors (Lipinski definition) is 0. The number of amides is 2. The van der Waals surface area contributed by atoms with E-state index in [-0.39, 0.29) is 11.8 Å². The van der Waals surface area contributed by atoms with E-state index in [9.17, 15) is 9.59 Å². The first kappa shape index (κ1) is 17.6. The predicted octanol–water partition coefficient (Wildman–Crippen LogP) is 0.345. The van der Waals surface area contributed by atoms with Crippen molar-refractivity contribution in [2.24, 2.45) is 0 Å². The molecule has 21 heavy (non-hydrogen) atoms. The standard InChI is InChI=1S/C14H23NO6/c1-2-18-7-8-20-11-12-21-10-9-19-6-5-15-13(16)3-4-14(15)17/h2H,1,3-12H2. The number of likely N-dealkylation sites (tertiary alicyclic amines) is 1. The highest BCUT2D eigenvalue weighted by atomic mass is 16.6. The summed E-state index contributed by atoms with van der Waals surface area (Å²) >= 11 is 0. The van der Waals surface area contributed by atoms with Crippen LogP contribution in [-0.2, 0) is 28.5 Å². The lowest BCUT2D eigenvalue weighted by atomic mass is 10.4. The average molecular weight is 301 g/mol. The van der Waals surface area contributed by atoms with E-state index in [0.717, 1.165) is 0 Å². The molecule has 1 heterocycles. The maximum absolute atomic E-state index is 11.3. The molecule has 1 saturated heterocycles. The highest BCUT2D eigenvalue weighted by Crippen LogP contribution is 2.10. The van der Waals surface area contributed by atoms with Gasteiger partial charge in [-0.3, -0.25) is 14.5 Å². The molecular weight excluding hydrogens is 278 g/mol. The van der Waals surface area contributed by atoms with Crippen molar-refractivity contribution < 1.29 is 28.5 Å². The van der Waals surface area contributed by atoms with E-state index in [1.807, 2.05) is 0 Å². The van der Waals surface area contributed by atoms with Crippen LogP contribution in [0.25, 0.3) is 0 Å². The average Bonchev–Trinajstić information content (AvgIpc) is 2.80. The molecule has 0 saturated carbocycles. The van der Waals surface area contributed by atoms with E-state index < -0.39 is 0 Å². The first-order valence-corrected chi connectivity index (χ1v) is 7.04. The Bertz CT molecular complexity index is 317. The van der Waals surface area contributed by atoms with Gasteiger partial charge in [0, 0.05) is 12.8 Å². The van der Waals surface area contributed by atoms with Gasteiger partial charge in [0.1, 0.15) is 6.61 Å². The van der Waals surface area contributed by atoms with Gasteiger partial charge in [0.2, 0.25) is 11.8 Å². The molecule has 120 valence electrons. The Kier molecular flexibility index (Phi) is 9.43. The van der Waals surface area contributed by atoms with Crippen molar-refractivity contribution in [2.75, 3.05) is 52.8 Å². The van der Waals surface area contributed by atoms with Crippen LogP contribution in [0.15, 0.2) is 12.8 Å². The van der Waals surface area contributed by atoms with Crippen LogP contribution in [0.1, 0.15) is 12.8 Å². The highest BCUT2D eigenvalue weighted by Gasteiger charge is 2.27. The van der Waals surface area contributed by atoms with Crippen LogP contribution in [0, 0.1) is 0 Å². The smallest absolute Gasteiger partial charge is 0.229 e. The third-order valence-electron chi connectivity index (χ3n) is 2.82. The Hall–Kier alpha value is -1.44. The van der Waals surface area contributed by atoms with Crippen molar-refractivity contribution in [1.82, 2.24) is 4.90 Å². The topological polar surface area (TPSA) is 74.3 Å². The van der Waals surface area contributed by atoms with Crippen LogP contribution in [0.4, 0.5) is 0 Å². The number of hydrogen-bond acceptors (Lipinski definition) is 6. The first-order valence-electron chi connectivity index (χ1n) is 7.04. The molecule has 1 aliphatic rings. The fourth-order valence-electron chi connectivity index (χ4n) is 1.76. The van der Waals surface area contributed by atoms with Gasteiger partial charge in [-0.2, -0.15) is 0 Å². The number of imide groups is 1. The van der Waals surface area contributed by atoms with Crippen LogP contribution in [0.2, 0.25) is 0 Å². The van der Waals surface area contributed by atoms with E-state index in [1.165, 1.54) is 11.2 Å². The minimum absolute atomic E-state index is 0.113. The van der Waals surface area contributed by atoms with Crippen molar-refractivity contribution in [1.29, 1.82) is 0 Å². The molecule has 0 aliphatic carbocycles. The second kappa shape index (κ2) is 11.2. The molecule has 0 radical (unpaired) electrons. The van der Waals surface area contributed by atoms with Crippen molar-refractivity contribution >= 4 is 11.8 Å². The maximum Gasteiger partial charge on any atom is 0.229 e. The Morgan fingerprint density at radius 1 is 0.857 bits per heavy atom. The fourth-order valence-corrected chi connectivity index (χ4v) is 1.76. The Morgan fingerprint density at radius 2 is 1.33 bits per heavy atom. The molecule has 7 heteroatoms. The van der Waals surface area contributed by atoms with Gasteiger partial charge < -0.3 is 18.9 Å². The van der Waals surface area contributed by atoms with Crippen LogP contribution in [-0.4, -0.2) is 69.5 Å². The molecule has 0 aromatic carbocycles. The molecular formula is C14H23NO6. The van der Waals surface area contributed by atoms with Crippen molar-refractivity contribution in [2.45, 2.75) is 12.8 Å². The summed E-state index contributed by atoms with van der Waals surface area (Å²) in [5, 5.41) is 0. The zero-order valence-corrected chi connectivity index (χ0v) is 12.3. The Morgan fingerprint density at radius 3 is 1.86 bits per heavy atom. The number of carbonyl (C=O) groups is 2. The molecule has 0 aromatic rings. The molecule has 1 rings (SSSR count). The summed E-state index contributed by atoms with van der Waals surface area (Å²) in [4.78, 5) is 23.9. The quantitative estimate of drug-likeness (QED) is 0.277. The van der Waals surface area contributed by atoms with Crippen LogP contribution in [0.3, 0.4) is 0 Å². The van der Waals surface area contributed by atoms with Crippen LogP contribution < -0.4 is 0 Å². The molecule has 2 amide bonds. The molecule has 0 bridgehead atoms. The van der Waals surface area contributed by atoms with E-state index in [2.05, 4.69) is 6.58 Å². The summed E-state index contributed by atoms with van der Waals surface area (Å²) in [7, 11) is 0. The minimum atomic E-state index is -0.113.